The van der Waals surface area contributed by atoms with E-state index < -0.39 is 0 Å². The van der Waals surface area contributed by atoms with Crippen molar-refractivity contribution in [3.05, 3.63) is 81.4 Å². The van der Waals surface area contributed by atoms with E-state index in [1.165, 1.54) is 5.57 Å². The van der Waals surface area contributed by atoms with Gasteiger partial charge in [-0.05, 0) is 67.3 Å². The summed E-state index contributed by atoms with van der Waals surface area (Å²) < 4.78 is 0. The fourth-order valence-electron chi connectivity index (χ4n) is 5.34. The fraction of sp³-hybridized carbons (Fsp3) is 0.385. The number of rotatable bonds is 5. The van der Waals surface area contributed by atoms with E-state index in [0.717, 1.165) is 24.2 Å². The van der Waals surface area contributed by atoms with E-state index in [2.05, 4.69) is 11.9 Å². The van der Waals surface area contributed by atoms with Gasteiger partial charge in [-0.3, -0.25) is 4.79 Å². The molecule has 4 unspecified atom stereocenters. The first-order valence-corrected chi connectivity index (χ1v) is 11.5. The molecular formula is C26H27Cl2NO2. The summed E-state index contributed by atoms with van der Waals surface area (Å²) >= 11 is 12.2. The first-order chi connectivity index (χ1) is 14.8. The molecule has 0 saturated carbocycles. The molecule has 0 N–H and O–H groups in total. The summed E-state index contributed by atoms with van der Waals surface area (Å²) in [4.78, 5) is 27.4. The smallest absolute Gasteiger partial charge is 0.156 e. The zero-order valence-corrected chi connectivity index (χ0v) is 19.4. The van der Waals surface area contributed by atoms with Gasteiger partial charge in [0.15, 0.2) is 5.78 Å². The predicted molar refractivity (Wildman–Crippen MR) is 126 cm³/mol. The quantitative estimate of drug-likeness (QED) is 0.561. The molecule has 0 aromatic heterocycles. The molecule has 3 nitrogen and oxygen atoms in total. The number of nitrogens with zero attached hydrogens (tertiary/aromatic N) is 1. The Kier molecular flexibility index (Phi) is 6.66. The summed E-state index contributed by atoms with van der Waals surface area (Å²) in [5.74, 6) is 0.804. The maximum Gasteiger partial charge on any atom is 0.156 e. The number of allylic oxidation sites excluding steroid dienone is 1. The molecule has 2 aliphatic rings. The Morgan fingerprint density at radius 1 is 1.00 bits per heavy atom. The van der Waals surface area contributed by atoms with Crippen LogP contribution in [0.3, 0.4) is 0 Å². The van der Waals surface area contributed by atoms with Crippen molar-refractivity contribution in [2.45, 2.75) is 31.6 Å². The van der Waals surface area contributed by atoms with Gasteiger partial charge in [0.05, 0.1) is 0 Å². The largest absolute Gasteiger partial charge is 0.305 e. The summed E-state index contributed by atoms with van der Waals surface area (Å²) in [6, 6.07) is 15.7. The Morgan fingerprint density at radius 3 is 2.23 bits per heavy atom. The van der Waals surface area contributed by atoms with Crippen molar-refractivity contribution in [2.24, 2.45) is 11.8 Å². The SMILES string of the molecule is CC(=O)CC(c1ccc(Cl)cc1)C1CN(C)CC2C1=CC(=O)CC2c1ccc(Cl)cc1. The maximum atomic E-state index is 12.8. The molecule has 0 radical (unpaired) electrons. The molecule has 4 atom stereocenters. The van der Waals surface area contributed by atoms with E-state index in [0.29, 0.717) is 22.9 Å². The summed E-state index contributed by atoms with van der Waals surface area (Å²) in [6.45, 7) is 3.36. The van der Waals surface area contributed by atoms with Crippen LogP contribution < -0.4 is 0 Å². The van der Waals surface area contributed by atoms with Gasteiger partial charge in [0.25, 0.3) is 0 Å². The average molecular weight is 456 g/mol. The van der Waals surface area contributed by atoms with E-state index in [-0.39, 0.29) is 35.2 Å². The highest BCUT2D eigenvalue weighted by atomic mass is 35.5. The van der Waals surface area contributed by atoms with Crippen molar-refractivity contribution in [3.8, 4) is 0 Å². The van der Waals surface area contributed by atoms with Crippen LogP contribution >= 0.6 is 23.2 Å². The predicted octanol–water partition coefficient (Wildman–Crippen LogP) is 5.92. The van der Waals surface area contributed by atoms with Gasteiger partial charge < -0.3 is 9.69 Å². The lowest BCUT2D eigenvalue weighted by Gasteiger charge is -2.46. The van der Waals surface area contributed by atoms with E-state index in [4.69, 9.17) is 23.2 Å². The van der Waals surface area contributed by atoms with Crippen molar-refractivity contribution >= 4 is 34.8 Å². The van der Waals surface area contributed by atoms with Gasteiger partial charge in [-0.1, -0.05) is 53.0 Å². The Labute approximate surface area is 194 Å². The number of piperidine rings is 1. The van der Waals surface area contributed by atoms with Gasteiger partial charge in [-0.2, -0.15) is 0 Å². The van der Waals surface area contributed by atoms with Crippen molar-refractivity contribution in [3.63, 3.8) is 0 Å². The van der Waals surface area contributed by atoms with Crippen LogP contribution in [-0.2, 0) is 9.59 Å². The van der Waals surface area contributed by atoms with Gasteiger partial charge in [0.1, 0.15) is 5.78 Å². The molecule has 0 spiro atoms. The van der Waals surface area contributed by atoms with Gasteiger partial charge in [0.2, 0.25) is 0 Å². The molecule has 2 aromatic carbocycles. The third-order valence-corrected chi connectivity index (χ3v) is 7.20. The Bertz CT molecular complexity index is 997. The summed E-state index contributed by atoms with van der Waals surface area (Å²) in [6.07, 6.45) is 2.83. The molecular weight excluding hydrogens is 429 g/mol. The number of halogens is 2. The lowest BCUT2D eigenvalue weighted by Crippen LogP contribution is -2.46. The number of likely N-dealkylation sites (tertiary alicyclic amines) is 1. The molecule has 1 saturated heterocycles. The fourth-order valence-corrected chi connectivity index (χ4v) is 5.59. The molecule has 4 rings (SSSR count). The van der Waals surface area contributed by atoms with Crippen molar-refractivity contribution in [2.75, 3.05) is 20.1 Å². The van der Waals surface area contributed by atoms with Crippen molar-refractivity contribution in [1.82, 2.24) is 4.90 Å². The molecule has 0 bridgehead atoms. The summed E-state index contributed by atoms with van der Waals surface area (Å²) in [5, 5.41) is 1.38. The maximum absolute atomic E-state index is 12.8. The van der Waals surface area contributed by atoms with E-state index in [1.54, 1.807) is 6.92 Å². The highest BCUT2D eigenvalue weighted by Crippen LogP contribution is 2.47. The van der Waals surface area contributed by atoms with Crippen LogP contribution in [0.15, 0.2) is 60.2 Å². The van der Waals surface area contributed by atoms with E-state index >= 15 is 0 Å². The summed E-state index contributed by atoms with van der Waals surface area (Å²) in [7, 11) is 2.13. The van der Waals surface area contributed by atoms with Gasteiger partial charge in [-0.15, -0.1) is 0 Å². The molecule has 5 heteroatoms. The van der Waals surface area contributed by atoms with Crippen LogP contribution in [0.2, 0.25) is 10.0 Å². The standard InChI is InChI=1S/C26H27Cl2NO2/c1-16(30)11-22(17-3-7-19(27)8-4-17)25-14-29(2)15-26-23(12-21(31)13-24(25)26)18-5-9-20(28)10-6-18/h3-10,13,22-23,25-26H,11-12,14-15H2,1-2H3. The van der Waals surface area contributed by atoms with Crippen LogP contribution in [0, 0.1) is 11.8 Å². The second-order valence-electron chi connectivity index (χ2n) is 8.97. The monoisotopic (exact) mass is 455 g/mol. The Hall–Kier alpha value is -1.94. The second-order valence-corrected chi connectivity index (χ2v) is 9.84. The zero-order chi connectivity index (χ0) is 22.1. The molecule has 1 aliphatic carbocycles. The van der Waals surface area contributed by atoms with Gasteiger partial charge in [0, 0.05) is 47.8 Å². The minimum absolute atomic E-state index is 0.0167. The number of carbonyl (C=O) groups excluding carboxylic acids is 2. The van der Waals surface area contributed by atoms with Crippen LogP contribution in [0.1, 0.15) is 42.7 Å². The average Bonchev–Trinajstić information content (AvgIpc) is 2.73. The third-order valence-electron chi connectivity index (χ3n) is 6.70. The van der Waals surface area contributed by atoms with Gasteiger partial charge in [-0.25, -0.2) is 0 Å². The highest BCUT2D eigenvalue weighted by molar-refractivity contribution is 6.30. The first-order valence-electron chi connectivity index (χ1n) is 10.7. The number of hydrogen-bond donors (Lipinski definition) is 0. The number of Topliss-reactive ketones (excluding diaryl/α,β-unsaturated/α-hetero) is 1. The minimum Gasteiger partial charge on any atom is -0.305 e. The second kappa shape index (κ2) is 9.28. The molecule has 1 aliphatic heterocycles. The molecule has 1 heterocycles. The normalized spacial score (nSPS) is 25.0. The number of benzene rings is 2. The highest BCUT2D eigenvalue weighted by Gasteiger charge is 2.42. The number of ketones is 2. The molecule has 162 valence electrons. The molecule has 31 heavy (non-hydrogen) atoms. The molecule has 2 aromatic rings. The van der Waals surface area contributed by atoms with E-state index in [1.807, 2.05) is 54.6 Å². The number of hydrogen-bond acceptors (Lipinski definition) is 3. The van der Waals surface area contributed by atoms with Crippen LogP contribution in [-0.4, -0.2) is 36.6 Å². The Balaban J connectivity index is 1.74. The zero-order valence-electron chi connectivity index (χ0n) is 17.9. The minimum atomic E-state index is 0.0167. The van der Waals surface area contributed by atoms with Gasteiger partial charge >= 0.3 is 0 Å². The molecule has 0 amide bonds. The first kappa shape index (κ1) is 22.3. The summed E-state index contributed by atoms with van der Waals surface area (Å²) in [5.41, 5.74) is 3.44. The van der Waals surface area contributed by atoms with Crippen molar-refractivity contribution < 1.29 is 9.59 Å². The van der Waals surface area contributed by atoms with E-state index in [9.17, 15) is 9.59 Å². The van der Waals surface area contributed by atoms with Crippen LogP contribution in [0.4, 0.5) is 0 Å². The number of carbonyl (C=O) groups is 2. The molecule has 1 fully saturated rings. The van der Waals surface area contributed by atoms with Crippen LogP contribution in [0.25, 0.3) is 0 Å². The topological polar surface area (TPSA) is 37.4 Å². The lowest BCUT2D eigenvalue weighted by molar-refractivity contribution is -0.117. The van der Waals surface area contributed by atoms with Crippen molar-refractivity contribution in [1.29, 1.82) is 0 Å². The third kappa shape index (κ3) is 4.95. The lowest BCUT2D eigenvalue weighted by atomic mass is 9.64. The Morgan fingerprint density at radius 2 is 1.61 bits per heavy atom. The van der Waals surface area contributed by atoms with Crippen LogP contribution in [0.5, 0.6) is 0 Å². The number of fused-ring (bicyclic) bond motifs is 1.